The van der Waals surface area contributed by atoms with E-state index in [2.05, 4.69) is 26.8 Å². The summed E-state index contributed by atoms with van der Waals surface area (Å²) in [5, 5.41) is 9.61. The van der Waals surface area contributed by atoms with Crippen LogP contribution in [0.4, 0.5) is 0 Å². The van der Waals surface area contributed by atoms with Gasteiger partial charge in [-0.05, 0) is 62.7 Å². The van der Waals surface area contributed by atoms with E-state index in [0.29, 0.717) is 11.5 Å². The largest absolute Gasteiger partial charge is 0.378 e. The minimum Gasteiger partial charge on any atom is -0.378 e. The Hall–Kier alpha value is -0.550. The number of hydrogen-bond acceptors (Lipinski definition) is 2. The van der Waals surface area contributed by atoms with Gasteiger partial charge in [-0.1, -0.05) is 20.8 Å². The highest BCUT2D eigenvalue weighted by Gasteiger charge is 2.39. The van der Waals surface area contributed by atoms with Crippen molar-refractivity contribution in [2.75, 3.05) is 6.61 Å². The number of nitrogens with zero attached hydrogens (tertiary/aromatic N) is 1. The van der Waals surface area contributed by atoms with Gasteiger partial charge in [-0.25, -0.2) is 0 Å². The Morgan fingerprint density at radius 1 is 1.21 bits per heavy atom. The van der Waals surface area contributed by atoms with Crippen LogP contribution in [0.1, 0.15) is 72.1 Å². The maximum atomic E-state index is 9.61. The topological polar surface area (TPSA) is 33.0 Å². The van der Waals surface area contributed by atoms with Crippen LogP contribution >= 0.6 is 0 Å². The molecule has 1 atom stereocenters. The van der Waals surface area contributed by atoms with Crippen LogP contribution in [0.3, 0.4) is 0 Å². The fraction of sp³-hybridized carbons (Fsp3) is 0.941. The molecule has 1 saturated heterocycles. The van der Waals surface area contributed by atoms with Crippen LogP contribution in [-0.4, -0.2) is 12.7 Å². The van der Waals surface area contributed by atoms with Gasteiger partial charge in [0.15, 0.2) is 0 Å². The summed E-state index contributed by atoms with van der Waals surface area (Å²) in [6.45, 7) is 7.94. The Morgan fingerprint density at radius 3 is 2.37 bits per heavy atom. The van der Waals surface area contributed by atoms with E-state index in [9.17, 15) is 5.26 Å². The zero-order chi connectivity index (χ0) is 13.9. The summed E-state index contributed by atoms with van der Waals surface area (Å²) in [5.41, 5.74) is 0.351. The van der Waals surface area contributed by atoms with E-state index < -0.39 is 0 Å². The first-order valence-corrected chi connectivity index (χ1v) is 7.98. The summed E-state index contributed by atoms with van der Waals surface area (Å²) in [5.74, 6) is 0.789. The quantitative estimate of drug-likeness (QED) is 0.740. The molecule has 0 radical (unpaired) electrons. The van der Waals surface area contributed by atoms with Crippen molar-refractivity contribution >= 4 is 0 Å². The molecule has 1 aliphatic heterocycles. The standard InChI is InChI=1S/C17H29NO/c1-16(2,3)14-6-9-17(13-18,10-7-14)11-8-15-5-4-12-19-15/h14-15H,4-12H2,1-3H3. The van der Waals surface area contributed by atoms with Crippen LogP contribution in [0, 0.1) is 28.1 Å². The van der Waals surface area contributed by atoms with E-state index in [1.165, 1.54) is 25.7 Å². The Bertz CT molecular complexity index is 322. The minimum atomic E-state index is -0.0479. The highest BCUT2D eigenvalue weighted by Crippen LogP contribution is 2.47. The van der Waals surface area contributed by atoms with Gasteiger partial charge in [0.2, 0.25) is 0 Å². The molecule has 2 nitrogen and oxygen atoms in total. The summed E-state index contributed by atoms with van der Waals surface area (Å²) >= 11 is 0. The molecule has 2 heteroatoms. The summed E-state index contributed by atoms with van der Waals surface area (Å²) in [6, 6.07) is 2.66. The molecule has 0 aromatic heterocycles. The summed E-state index contributed by atoms with van der Waals surface area (Å²) < 4.78 is 5.70. The molecule has 0 bridgehead atoms. The zero-order valence-electron chi connectivity index (χ0n) is 12.9. The Balaban J connectivity index is 1.85. The lowest BCUT2D eigenvalue weighted by Crippen LogP contribution is -2.32. The van der Waals surface area contributed by atoms with E-state index >= 15 is 0 Å². The first-order valence-electron chi connectivity index (χ1n) is 7.98. The van der Waals surface area contributed by atoms with Gasteiger partial charge >= 0.3 is 0 Å². The lowest BCUT2D eigenvalue weighted by atomic mass is 9.63. The smallest absolute Gasteiger partial charge is 0.0689 e. The third-order valence-corrected chi connectivity index (χ3v) is 5.37. The Morgan fingerprint density at radius 2 is 1.89 bits per heavy atom. The van der Waals surface area contributed by atoms with E-state index in [0.717, 1.165) is 38.2 Å². The average molecular weight is 263 g/mol. The van der Waals surface area contributed by atoms with Gasteiger partial charge in [-0.2, -0.15) is 5.26 Å². The highest BCUT2D eigenvalue weighted by atomic mass is 16.5. The number of nitriles is 1. The van der Waals surface area contributed by atoms with Gasteiger partial charge < -0.3 is 4.74 Å². The first kappa shape index (κ1) is 14.9. The second-order valence-corrected chi connectivity index (χ2v) is 7.71. The van der Waals surface area contributed by atoms with E-state index in [4.69, 9.17) is 4.74 Å². The van der Waals surface area contributed by atoms with Gasteiger partial charge in [0, 0.05) is 6.61 Å². The Labute approximate surface area is 118 Å². The van der Waals surface area contributed by atoms with E-state index in [1.807, 2.05) is 0 Å². The third kappa shape index (κ3) is 3.72. The van der Waals surface area contributed by atoms with Crippen LogP contribution in [-0.2, 0) is 4.74 Å². The van der Waals surface area contributed by atoms with Crippen molar-refractivity contribution in [1.82, 2.24) is 0 Å². The van der Waals surface area contributed by atoms with Crippen LogP contribution in [0.15, 0.2) is 0 Å². The van der Waals surface area contributed by atoms with Crippen LogP contribution in [0.2, 0.25) is 0 Å². The van der Waals surface area contributed by atoms with Crippen LogP contribution in [0.5, 0.6) is 0 Å². The maximum absolute atomic E-state index is 9.61. The van der Waals surface area contributed by atoms with Crippen molar-refractivity contribution in [2.45, 2.75) is 78.2 Å². The molecule has 1 aliphatic carbocycles. The molecule has 0 amide bonds. The van der Waals surface area contributed by atoms with Crippen molar-refractivity contribution < 1.29 is 4.74 Å². The van der Waals surface area contributed by atoms with Crippen molar-refractivity contribution in [3.8, 4) is 6.07 Å². The van der Waals surface area contributed by atoms with Crippen LogP contribution in [0.25, 0.3) is 0 Å². The predicted molar refractivity (Wildman–Crippen MR) is 77.7 cm³/mol. The van der Waals surface area contributed by atoms with E-state index in [-0.39, 0.29) is 5.41 Å². The van der Waals surface area contributed by atoms with Crippen molar-refractivity contribution in [3.05, 3.63) is 0 Å². The monoisotopic (exact) mass is 263 g/mol. The molecule has 0 spiro atoms. The van der Waals surface area contributed by atoms with Crippen molar-refractivity contribution in [2.24, 2.45) is 16.7 Å². The van der Waals surface area contributed by atoms with Crippen LogP contribution < -0.4 is 0 Å². The molecule has 2 fully saturated rings. The SMILES string of the molecule is CC(C)(C)C1CCC(C#N)(CCC2CCCO2)CC1. The first-order chi connectivity index (χ1) is 8.95. The highest BCUT2D eigenvalue weighted by molar-refractivity contribution is 5.02. The number of hydrogen-bond donors (Lipinski definition) is 0. The lowest BCUT2D eigenvalue weighted by molar-refractivity contribution is 0.0739. The van der Waals surface area contributed by atoms with Gasteiger partial charge in [0.25, 0.3) is 0 Å². The second kappa shape index (κ2) is 5.83. The molecule has 0 N–H and O–H groups in total. The molecule has 0 aromatic rings. The average Bonchev–Trinajstić information content (AvgIpc) is 2.89. The second-order valence-electron chi connectivity index (χ2n) is 7.71. The zero-order valence-corrected chi connectivity index (χ0v) is 12.9. The molecule has 1 saturated carbocycles. The van der Waals surface area contributed by atoms with Gasteiger partial charge in [-0.15, -0.1) is 0 Å². The number of rotatable bonds is 3. The summed E-state index contributed by atoms with van der Waals surface area (Å²) in [6.07, 6.45) is 9.62. The van der Waals surface area contributed by atoms with E-state index in [1.54, 1.807) is 0 Å². The minimum absolute atomic E-state index is 0.0479. The normalized spacial score (nSPS) is 36.1. The predicted octanol–water partition coefficient (Wildman–Crippen LogP) is 4.69. The third-order valence-electron chi connectivity index (χ3n) is 5.37. The molecular formula is C17H29NO. The molecule has 1 heterocycles. The molecular weight excluding hydrogens is 234 g/mol. The molecule has 0 aromatic carbocycles. The maximum Gasteiger partial charge on any atom is 0.0689 e. The fourth-order valence-corrected chi connectivity index (χ4v) is 3.76. The molecule has 2 rings (SSSR count). The Kier molecular flexibility index (Phi) is 4.56. The summed E-state index contributed by atoms with van der Waals surface area (Å²) in [7, 11) is 0. The van der Waals surface area contributed by atoms with Gasteiger partial charge in [-0.3, -0.25) is 0 Å². The van der Waals surface area contributed by atoms with Crippen molar-refractivity contribution in [1.29, 1.82) is 5.26 Å². The summed E-state index contributed by atoms with van der Waals surface area (Å²) in [4.78, 5) is 0. The lowest BCUT2D eigenvalue weighted by Gasteiger charge is -2.41. The number of ether oxygens (including phenoxy) is 1. The van der Waals surface area contributed by atoms with Gasteiger partial charge in [0.1, 0.15) is 0 Å². The molecule has 1 unspecified atom stereocenters. The van der Waals surface area contributed by atoms with Crippen molar-refractivity contribution in [3.63, 3.8) is 0 Å². The molecule has 19 heavy (non-hydrogen) atoms. The molecule has 2 aliphatic rings. The van der Waals surface area contributed by atoms with Gasteiger partial charge in [0.05, 0.1) is 17.6 Å². The fourth-order valence-electron chi connectivity index (χ4n) is 3.76. The molecule has 108 valence electrons.